The third kappa shape index (κ3) is 4.16. The molecule has 0 radical (unpaired) electrons. The molecule has 1 unspecified atom stereocenters. The van der Waals surface area contributed by atoms with E-state index in [2.05, 4.69) is 17.2 Å². The number of hydrogen-bond acceptors (Lipinski definition) is 4. The minimum Gasteiger partial charge on any atom is -0.324 e. The first-order chi connectivity index (χ1) is 15.0. The molecule has 0 aliphatic rings. The quantitative estimate of drug-likeness (QED) is 0.433. The number of amides is 1. The van der Waals surface area contributed by atoms with Gasteiger partial charge in [-0.05, 0) is 43.0 Å². The first-order valence-electron chi connectivity index (χ1n) is 10.5. The first kappa shape index (κ1) is 21.0. The molecular weight excluding hydrogens is 406 g/mol. The summed E-state index contributed by atoms with van der Waals surface area (Å²) in [6.07, 6.45) is 2.92. The van der Waals surface area contributed by atoms with Crippen molar-refractivity contribution in [2.24, 2.45) is 0 Å². The molecule has 4 rings (SSSR count). The Kier molecular flexibility index (Phi) is 6.00. The number of carbonyl (C=O) groups is 1. The van der Waals surface area contributed by atoms with Gasteiger partial charge < -0.3 is 5.32 Å². The van der Waals surface area contributed by atoms with Gasteiger partial charge in [-0.1, -0.05) is 55.8 Å². The molecule has 0 aliphatic carbocycles. The third-order valence-electron chi connectivity index (χ3n) is 5.54. The minimum absolute atomic E-state index is 0.190. The average Bonchev–Trinajstić information content (AvgIpc) is 3.22. The van der Waals surface area contributed by atoms with Gasteiger partial charge in [0.05, 0.1) is 11.7 Å². The van der Waals surface area contributed by atoms with Crippen LogP contribution in [-0.2, 0) is 11.2 Å². The molecule has 0 saturated carbocycles. The van der Waals surface area contributed by atoms with E-state index in [0.717, 1.165) is 28.8 Å². The predicted octanol–water partition coefficient (Wildman–Crippen LogP) is 5.59. The van der Waals surface area contributed by atoms with Gasteiger partial charge in [0.15, 0.2) is 0 Å². The van der Waals surface area contributed by atoms with Crippen molar-refractivity contribution in [1.29, 1.82) is 0 Å². The van der Waals surface area contributed by atoms with E-state index in [1.54, 1.807) is 0 Å². The molecule has 1 N–H and O–H groups in total. The number of anilines is 1. The van der Waals surface area contributed by atoms with Crippen LogP contribution in [0.15, 0.2) is 65.0 Å². The summed E-state index contributed by atoms with van der Waals surface area (Å²) in [6, 6.07) is 15.2. The van der Waals surface area contributed by atoms with Crippen molar-refractivity contribution in [2.45, 2.75) is 39.7 Å². The molecule has 4 aromatic rings. The highest BCUT2D eigenvalue weighted by molar-refractivity contribution is 7.17. The van der Waals surface area contributed by atoms with E-state index in [1.807, 2.05) is 67.8 Å². The van der Waals surface area contributed by atoms with Crippen LogP contribution >= 0.6 is 11.3 Å². The summed E-state index contributed by atoms with van der Waals surface area (Å²) in [4.78, 5) is 31.6. The van der Waals surface area contributed by atoms with Gasteiger partial charge >= 0.3 is 0 Å². The lowest BCUT2D eigenvalue weighted by Gasteiger charge is -2.18. The van der Waals surface area contributed by atoms with Crippen molar-refractivity contribution >= 4 is 33.1 Å². The van der Waals surface area contributed by atoms with Gasteiger partial charge in [-0.25, -0.2) is 4.98 Å². The monoisotopic (exact) mass is 431 g/mol. The largest absolute Gasteiger partial charge is 0.324 e. The molecule has 0 fully saturated rings. The van der Waals surface area contributed by atoms with E-state index in [9.17, 15) is 9.59 Å². The number of carbonyl (C=O) groups excluding carboxylic acids is 1. The maximum Gasteiger partial charge on any atom is 0.263 e. The zero-order chi connectivity index (χ0) is 22.0. The van der Waals surface area contributed by atoms with Crippen LogP contribution in [0.3, 0.4) is 0 Å². The Labute approximate surface area is 185 Å². The zero-order valence-electron chi connectivity index (χ0n) is 17.9. The number of rotatable bonds is 6. The molecule has 31 heavy (non-hydrogen) atoms. The van der Waals surface area contributed by atoms with E-state index in [4.69, 9.17) is 0 Å². The second-order valence-corrected chi connectivity index (χ2v) is 8.47. The summed E-state index contributed by atoms with van der Waals surface area (Å²) in [5, 5.41) is 5.47. The fraction of sp³-hybridized carbons (Fsp3) is 0.240. The molecule has 5 nitrogen and oxygen atoms in total. The topological polar surface area (TPSA) is 64.0 Å². The Hall–Kier alpha value is -3.25. The number of aromatic nitrogens is 2. The highest BCUT2D eigenvalue weighted by Gasteiger charge is 2.23. The lowest BCUT2D eigenvalue weighted by atomic mass is 10.0. The van der Waals surface area contributed by atoms with Crippen LogP contribution in [0.4, 0.5) is 5.69 Å². The Balaban J connectivity index is 1.70. The lowest BCUT2D eigenvalue weighted by Crippen LogP contribution is -2.33. The summed E-state index contributed by atoms with van der Waals surface area (Å²) in [7, 11) is 0. The molecule has 6 heteroatoms. The van der Waals surface area contributed by atoms with Crippen molar-refractivity contribution in [2.75, 3.05) is 5.32 Å². The van der Waals surface area contributed by atoms with Crippen LogP contribution in [0.2, 0.25) is 0 Å². The number of thiophene rings is 1. The number of fused-ring (bicyclic) bond motifs is 1. The zero-order valence-corrected chi connectivity index (χ0v) is 18.7. The lowest BCUT2D eigenvalue weighted by molar-refractivity contribution is -0.119. The Morgan fingerprint density at radius 3 is 2.45 bits per heavy atom. The average molecular weight is 432 g/mol. The molecule has 2 heterocycles. The van der Waals surface area contributed by atoms with Gasteiger partial charge in [-0.2, -0.15) is 0 Å². The van der Waals surface area contributed by atoms with Crippen LogP contribution in [-0.4, -0.2) is 15.5 Å². The van der Waals surface area contributed by atoms with E-state index in [-0.39, 0.29) is 11.5 Å². The Bertz CT molecular complexity index is 1270. The number of nitrogens with one attached hydrogen (secondary N) is 1. The van der Waals surface area contributed by atoms with Crippen molar-refractivity contribution < 1.29 is 4.79 Å². The molecule has 0 spiro atoms. The molecule has 1 amide bonds. The Morgan fingerprint density at radius 1 is 1.10 bits per heavy atom. The van der Waals surface area contributed by atoms with Crippen molar-refractivity contribution in [1.82, 2.24) is 9.55 Å². The van der Waals surface area contributed by atoms with E-state index < -0.39 is 6.04 Å². The fourth-order valence-electron chi connectivity index (χ4n) is 3.67. The summed E-state index contributed by atoms with van der Waals surface area (Å²) in [6.45, 7) is 6.02. The number of nitrogens with zero attached hydrogens (tertiary/aromatic N) is 2. The van der Waals surface area contributed by atoms with Gasteiger partial charge in [0.2, 0.25) is 5.91 Å². The second kappa shape index (κ2) is 8.86. The molecule has 1 atom stereocenters. The van der Waals surface area contributed by atoms with Crippen LogP contribution in [0.1, 0.15) is 37.4 Å². The summed E-state index contributed by atoms with van der Waals surface area (Å²) < 4.78 is 1.46. The van der Waals surface area contributed by atoms with Gasteiger partial charge in [0.25, 0.3) is 5.56 Å². The summed E-state index contributed by atoms with van der Waals surface area (Å²) in [5.41, 5.74) is 4.73. The first-order valence-corrected chi connectivity index (χ1v) is 11.3. The van der Waals surface area contributed by atoms with Crippen LogP contribution in [0.5, 0.6) is 0 Å². The number of aryl methyl sites for hydroxylation is 2. The maximum atomic E-state index is 13.4. The van der Waals surface area contributed by atoms with Gasteiger partial charge in [-0.3, -0.25) is 14.2 Å². The summed E-state index contributed by atoms with van der Waals surface area (Å²) in [5.74, 6) is -0.220. The van der Waals surface area contributed by atoms with Crippen molar-refractivity contribution in [3.05, 3.63) is 81.7 Å². The Morgan fingerprint density at radius 2 is 1.81 bits per heavy atom. The van der Waals surface area contributed by atoms with Crippen molar-refractivity contribution in [3.8, 4) is 11.1 Å². The minimum atomic E-state index is -0.638. The molecule has 0 aliphatic heterocycles. The van der Waals surface area contributed by atoms with Crippen LogP contribution in [0.25, 0.3) is 21.3 Å². The molecular formula is C25H25N3O2S. The highest BCUT2D eigenvalue weighted by Crippen LogP contribution is 2.31. The molecule has 0 bridgehead atoms. The standard InChI is InChI=1S/C25H25N3O2S/c1-4-17-8-12-19(13-9-17)27-23(29)21(5-2)28-15-26-24-22(25(28)30)20(14-31-24)18-10-6-16(3)7-11-18/h6-15,21H,4-5H2,1-3H3,(H,27,29). The smallest absolute Gasteiger partial charge is 0.263 e. The van der Waals surface area contributed by atoms with E-state index in [1.165, 1.54) is 27.8 Å². The normalized spacial score (nSPS) is 12.1. The van der Waals surface area contributed by atoms with E-state index >= 15 is 0 Å². The molecule has 2 aromatic heterocycles. The molecule has 158 valence electrons. The van der Waals surface area contributed by atoms with Gasteiger partial charge in [0, 0.05) is 16.6 Å². The van der Waals surface area contributed by atoms with Gasteiger partial charge in [0.1, 0.15) is 10.9 Å². The van der Waals surface area contributed by atoms with Crippen LogP contribution in [0, 0.1) is 6.92 Å². The molecule has 2 aromatic carbocycles. The molecule has 0 saturated heterocycles. The highest BCUT2D eigenvalue weighted by atomic mass is 32.1. The SMILES string of the molecule is CCc1ccc(NC(=O)C(CC)n2cnc3scc(-c4ccc(C)cc4)c3c2=O)cc1. The summed E-state index contributed by atoms with van der Waals surface area (Å²) >= 11 is 1.44. The van der Waals surface area contributed by atoms with Crippen molar-refractivity contribution in [3.63, 3.8) is 0 Å². The van der Waals surface area contributed by atoms with Gasteiger partial charge in [-0.15, -0.1) is 11.3 Å². The fourth-order valence-corrected chi connectivity index (χ4v) is 4.58. The number of hydrogen-bond donors (Lipinski definition) is 1. The number of benzene rings is 2. The maximum absolute atomic E-state index is 13.4. The van der Waals surface area contributed by atoms with Crippen LogP contribution < -0.4 is 10.9 Å². The van der Waals surface area contributed by atoms with E-state index in [0.29, 0.717) is 16.6 Å². The third-order valence-corrected chi connectivity index (χ3v) is 6.42. The predicted molar refractivity (Wildman–Crippen MR) is 128 cm³/mol. The second-order valence-electron chi connectivity index (χ2n) is 7.62.